The fraction of sp³-hybridized carbons (Fsp3) is 0.167. The monoisotopic (exact) mass is 360 g/mol. The van der Waals surface area contributed by atoms with Gasteiger partial charge in [-0.1, -0.05) is 18.2 Å². The topological polar surface area (TPSA) is 98.5 Å². The van der Waals surface area contributed by atoms with Crippen molar-refractivity contribution in [1.29, 1.82) is 0 Å². The second-order valence-corrected chi connectivity index (χ2v) is 6.88. The van der Waals surface area contributed by atoms with E-state index in [1.54, 1.807) is 25.1 Å². The molecule has 7 heteroatoms. The average Bonchev–Trinajstić information content (AvgIpc) is 2.55. The number of nitrogens with one attached hydrogen (secondary N) is 1. The number of rotatable bonds is 6. The van der Waals surface area contributed by atoms with Crippen molar-refractivity contribution in [2.45, 2.75) is 18.7 Å². The summed E-state index contributed by atoms with van der Waals surface area (Å²) < 4.78 is 28.4. The summed E-state index contributed by atoms with van der Waals surface area (Å²) in [6.45, 7) is 4.14. The molecule has 0 aromatic heterocycles. The number of carbonyl (C=O) groups is 1. The smallest absolute Gasteiger partial charge is 0.248 e. The molecule has 3 N–H and O–H groups in total. The highest BCUT2D eigenvalue weighted by atomic mass is 32.2. The molecule has 0 radical (unpaired) electrons. The van der Waals surface area contributed by atoms with E-state index in [2.05, 4.69) is 5.32 Å². The van der Waals surface area contributed by atoms with E-state index in [9.17, 15) is 13.2 Å². The molecule has 6 nitrogen and oxygen atoms in total. The van der Waals surface area contributed by atoms with Gasteiger partial charge in [0.15, 0.2) is 0 Å². The van der Waals surface area contributed by atoms with Gasteiger partial charge >= 0.3 is 0 Å². The maximum absolute atomic E-state index is 12.0. The largest absolute Gasteiger partial charge is 0.494 e. The molecule has 0 unspecified atom stereocenters. The molecule has 0 atom stereocenters. The van der Waals surface area contributed by atoms with Crippen LogP contribution in [0.1, 0.15) is 18.1 Å². The van der Waals surface area contributed by atoms with Crippen LogP contribution in [0, 0.1) is 6.92 Å². The van der Waals surface area contributed by atoms with E-state index < -0.39 is 10.0 Å². The van der Waals surface area contributed by atoms with Crippen molar-refractivity contribution in [3.8, 4) is 5.75 Å². The summed E-state index contributed by atoms with van der Waals surface area (Å²) in [5.74, 6) is 0.386. The van der Waals surface area contributed by atoms with Crippen molar-refractivity contribution < 1.29 is 17.9 Å². The number of benzene rings is 2. The molecule has 2 rings (SSSR count). The molecule has 0 aliphatic carbocycles. The fourth-order valence-electron chi connectivity index (χ4n) is 2.18. The predicted octanol–water partition coefficient (Wildman–Crippen LogP) is 2.69. The Hall–Kier alpha value is -2.64. The number of anilines is 1. The SMILES string of the molecule is CCOc1ccc(/C=C/C(=O)Nc2ccc(C)c(S(N)(=O)=O)c2)cc1. The molecule has 0 bridgehead atoms. The Kier molecular flexibility index (Phi) is 5.95. The highest BCUT2D eigenvalue weighted by Gasteiger charge is 2.12. The Bertz CT molecular complexity index is 888. The van der Waals surface area contributed by atoms with Gasteiger partial charge in [-0.2, -0.15) is 0 Å². The minimum Gasteiger partial charge on any atom is -0.494 e. The number of amides is 1. The second-order valence-electron chi connectivity index (χ2n) is 5.35. The van der Waals surface area contributed by atoms with Crippen molar-refractivity contribution in [2.24, 2.45) is 5.14 Å². The van der Waals surface area contributed by atoms with E-state index in [1.807, 2.05) is 31.2 Å². The first-order valence-electron chi connectivity index (χ1n) is 7.65. The van der Waals surface area contributed by atoms with E-state index in [-0.39, 0.29) is 10.8 Å². The first-order valence-corrected chi connectivity index (χ1v) is 9.19. The Balaban J connectivity index is 2.07. The summed E-state index contributed by atoms with van der Waals surface area (Å²) in [6.07, 6.45) is 3.02. The first-order chi connectivity index (χ1) is 11.8. The van der Waals surface area contributed by atoms with Gasteiger partial charge in [-0.15, -0.1) is 0 Å². The fourth-order valence-corrected chi connectivity index (χ4v) is 2.99. The zero-order chi connectivity index (χ0) is 18.4. The molecule has 0 aliphatic heterocycles. The van der Waals surface area contributed by atoms with Crippen LogP contribution in [0.5, 0.6) is 5.75 Å². The van der Waals surface area contributed by atoms with Gasteiger partial charge in [0.1, 0.15) is 5.75 Å². The van der Waals surface area contributed by atoms with E-state index in [0.717, 1.165) is 11.3 Å². The maximum Gasteiger partial charge on any atom is 0.248 e. The van der Waals surface area contributed by atoms with Crippen molar-refractivity contribution in [3.63, 3.8) is 0 Å². The van der Waals surface area contributed by atoms with Crippen molar-refractivity contribution in [3.05, 3.63) is 59.7 Å². The minimum absolute atomic E-state index is 0.0132. The molecular weight excluding hydrogens is 340 g/mol. The summed E-state index contributed by atoms with van der Waals surface area (Å²) in [5.41, 5.74) is 1.72. The van der Waals surface area contributed by atoms with Crippen molar-refractivity contribution in [1.82, 2.24) is 0 Å². The summed E-state index contributed by atoms with van der Waals surface area (Å²) in [4.78, 5) is 12.0. The number of hydrogen-bond acceptors (Lipinski definition) is 4. The van der Waals surface area contributed by atoms with Crippen molar-refractivity contribution in [2.75, 3.05) is 11.9 Å². The van der Waals surface area contributed by atoms with Crippen LogP contribution in [0.15, 0.2) is 53.4 Å². The molecule has 132 valence electrons. The third kappa shape index (κ3) is 5.44. The lowest BCUT2D eigenvalue weighted by Gasteiger charge is -2.07. The molecule has 0 aliphatic rings. The van der Waals surface area contributed by atoms with Gasteiger partial charge in [0.05, 0.1) is 11.5 Å². The number of aryl methyl sites for hydroxylation is 1. The number of nitrogens with two attached hydrogens (primary N) is 1. The van der Waals surface area contributed by atoms with Gasteiger partial charge in [-0.3, -0.25) is 4.79 Å². The minimum atomic E-state index is -3.84. The van der Waals surface area contributed by atoms with Crippen LogP contribution in [-0.4, -0.2) is 20.9 Å². The first kappa shape index (κ1) is 18.7. The Morgan fingerprint density at radius 3 is 2.48 bits per heavy atom. The number of carbonyl (C=O) groups excluding carboxylic acids is 1. The van der Waals surface area contributed by atoms with E-state index in [1.165, 1.54) is 12.1 Å². The standard InChI is InChI=1S/C18H20N2O4S/c1-3-24-16-9-5-14(6-10-16)7-11-18(21)20-15-8-4-13(2)17(12-15)25(19,22)23/h4-12H,3H2,1-2H3,(H,20,21)(H2,19,22,23)/b11-7+. The van der Waals surface area contributed by atoms with Crippen molar-refractivity contribution >= 4 is 27.7 Å². The average molecular weight is 360 g/mol. The number of primary sulfonamides is 1. The third-order valence-electron chi connectivity index (χ3n) is 3.38. The maximum atomic E-state index is 12.0. The van der Waals surface area contributed by atoms with Gasteiger partial charge in [0.25, 0.3) is 0 Å². The quantitative estimate of drug-likeness (QED) is 0.774. The zero-order valence-corrected chi connectivity index (χ0v) is 14.8. The molecular formula is C18H20N2O4S. The normalized spacial score (nSPS) is 11.5. The number of hydrogen-bond donors (Lipinski definition) is 2. The highest BCUT2D eigenvalue weighted by Crippen LogP contribution is 2.19. The van der Waals surface area contributed by atoms with Crippen LogP contribution in [0.4, 0.5) is 5.69 Å². The molecule has 0 spiro atoms. The predicted molar refractivity (Wildman–Crippen MR) is 97.8 cm³/mol. The molecule has 0 saturated carbocycles. The van der Waals surface area contributed by atoms with Gasteiger partial charge in [-0.25, -0.2) is 13.6 Å². The van der Waals surface area contributed by atoms with E-state index in [0.29, 0.717) is 17.9 Å². The van der Waals surface area contributed by atoms with Gasteiger partial charge in [0.2, 0.25) is 15.9 Å². The molecule has 2 aromatic carbocycles. The Morgan fingerprint density at radius 1 is 1.20 bits per heavy atom. The summed E-state index contributed by atoms with van der Waals surface area (Å²) in [7, 11) is -3.84. The Labute approximate surface area is 147 Å². The van der Waals surface area contributed by atoms with Gasteiger partial charge < -0.3 is 10.1 Å². The molecule has 1 amide bonds. The van der Waals surface area contributed by atoms with Crippen LogP contribution < -0.4 is 15.2 Å². The zero-order valence-electron chi connectivity index (χ0n) is 14.0. The van der Waals surface area contributed by atoms with Crippen LogP contribution >= 0.6 is 0 Å². The second kappa shape index (κ2) is 7.96. The van der Waals surface area contributed by atoms with E-state index in [4.69, 9.17) is 9.88 Å². The molecule has 0 heterocycles. The van der Waals surface area contributed by atoms with Gasteiger partial charge in [0, 0.05) is 11.8 Å². The lowest BCUT2D eigenvalue weighted by molar-refractivity contribution is -0.111. The Morgan fingerprint density at radius 2 is 1.88 bits per heavy atom. The summed E-state index contributed by atoms with van der Waals surface area (Å²) in [5, 5.41) is 7.77. The molecule has 0 fully saturated rings. The van der Waals surface area contributed by atoms with Crippen LogP contribution in [0.3, 0.4) is 0 Å². The summed E-state index contributed by atoms with van der Waals surface area (Å²) >= 11 is 0. The molecule has 25 heavy (non-hydrogen) atoms. The molecule has 2 aromatic rings. The number of ether oxygens (including phenoxy) is 1. The van der Waals surface area contributed by atoms with Crippen LogP contribution in [0.25, 0.3) is 6.08 Å². The lowest BCUT2D eigenvalue weighted by Crippen LogP contribution is -2.15. The number of sulfonamides is 1. The molecule has 0 saturated heterocycles. The third-order valence-corrected chi connectivity index (χ3v) is 4.43. The highest BCUT2D eigenvalue weighted by molar-refractivity contribution is 7.89. The van der Waals surface area contributed by atoms with Crippen LogP contribution in [-0.2, 0) is 14.8 Å². The van der Waals surface area contributed by atoms with E-state index >= 15 is 0 Å². The summed E-state index contributed by atoms with van der Waals surface area (Å²) in [6, 6.07) is 11.9. The van der Waals surface area contributed by atoms with Crippen LogP contribution in [0.2, 0.25) is 0 Å². The van der Waals surface area contributed by atoms with Gasteiger partial charge in [-0.05, 0) is 55.3 Å². The lowest BCUT2D eigenvalue weighted by atomic mass is 10.2.